The van der Waals surface area contributed by atoms with Crippen molar-refractivity contribution in [3.05, 3.63) is 11.9 Å². The molecular weight excluding hydrogens is 268 g/mol. The molecule has 0 saturated carbocycles. The number of nitrogens with one attached hydrogen (secondary N) is 1. The van der Waals surface area contributed by atoms with Crippen LogP contribution in [0, 0.1) is 11.8 Å². The SMILES string of the molecule is CC(C)CNC(=O)CCn1cc(CCC(=O)C(C)C)nn1. The Morgan fingerprint density at radius 1 is 1.24 bits per heavy atom. The van der Waals surface area contributed by atoms with Gasteiger partial charge >= 0.3 is 0 Å². The van der Waals surface area contributed by atoms with Crippen LogP contribution in [-0.4, -0.2) is 33.2 Å². The van der Waals surface area contributed by atoms with Gasteiger partial charge in [-0.2, -0.15) is 0 Å². The van der Waals surface area contributed by atoms with E-state index in [-0.39, 0.29) is 17.6 Å². The zero-order valence-electron chi connectivity index (χ0n) is 13.4. The quantitative estimate of drug-likeness (QED) is 0.750. The molecule has 0 bridgehead atoms. The first-order valence-electron chi connectivity index (χ1n) is 7.57. The van der Waals surface area contributed by atoms with Crippen molar-refractivity contribution in [1.29, 1.82) is 0 Å². The molecule has 0 unspecified atom stereocenters. The van der Waals surface area contributed by atoms with Crippen molar-refractivity contribution < 1.29 is 9.59 Å². The minimum absolute atomic E-state index is 0.0238. The average molecular weight is 294 g/mol. The summed E-state index contributed by atoms with van der Waals surface area (Å²) in [6.45, 7) is 9.11. The molecule has 118 valence electrons. The summed E-state index contributed by atoms with van der Waals surface area (Å²) in [5.74, 6) is 0.767. The molecule has 0 spiro atoms. The third kappa shape index (κ3) is 7.02. The minimum Gasteiger partial charge on any atom is -0.356 e. The molecule has 0 fully saturated rings. The smallest absolute Gasteiger partial charge is 0.221 e. The fourth-order valence-corrected chi connectivity index (χ4v) is 1.72. The molecule has 6 heteroatoms. The molecule has 0 aliphatic carbocycles. The lowest BCUT2D eigenvalue weighted by Gasteiger charge is -2.07. The zero-order chi connectivity index (χ0) is 15.8. The fraction of sp³-hybridized carbons (Fsp3) is 0.733. The number of ketones is 1. The van der Waals surface area contributed by atoms with Gasteiger partial charge in [0, 0.05) is 37.9 Å². The van der Waals surface area contributed by atoms with E-state index in [9.17, 15) is 9.59 Å². The monoisotopic (exact) mass is 294 g/mol. The van der Waals surface area contributed by atoms with E-state index in [0.717, 1.165) is 5.69 Å². The molecule has 0 aliphatic rings. The second-order valence-electron chi connectivity index (χ2n) is 6.04. The standard InChI is InChI=1S/C15H26N4O2/c1-11(2)9-16-15(21)7-8-19-10-13(17-18-19)5-6-14(20)12(3)4/h10-12H,5-9H2,1-4H3,(H,16,21). The molecule has 1 heterocycles. The highest BCUT2D eigenvalue weighted by atomic mass is 16.1. The van der Waals surface area contributed by atoms with Gasteiger partial charge in [-0.05, 0) is 5.92 Å². The number of rotatable bonds is 9. The largest absolute Gasteiger partial charge is 0.356 e. The zero-order valence-corrected chi connectivity index (χ0v) is 13.4. The van der Waals surface area contributed by atoms with E-state index in [0.29, 0.717) is 38.3 Å². The normalized spacial score (nSPS) is 11.1. The lowest BCUT2D eigenvalue weighted by atomic mass is 10.0. The van der Waals surface area contributed by atoms with Crippen LogP contribution in [-0.2, 0) is 22.6 Å². The second-order valence-corrected chi connectivity index (χ2v) is 6.04. The number of nitrogens with zero attached hydrogens (tertiary/aromatic N) is 3. The molecule has 0 aliphatic heterocycles. The highest BCUT2D eigenvalue weighted by molar-refractivity contribution is 5.80. The van der Waals surface area contributed by atoms with Crippen LogP contribution in [0.25, 0.3) is 0 Å². The van der Waals surface area contributed by atoms with Crippen LogP contribution in [0.4, 0.5) is 0 Å². The van der Waals surface area contributed by atoms with Crippen molar-refractivity contribution in [3.8, 4) is 0 Å². The third-order valence-corrected chi connectivity index (χ3v) is 3.13. The highest BCUT2D eigenvalue weighted by Crippen LogP contribution is 2.04. The summed E-state index contributed by atoms with van der Waals surface area (Å²) in [4.78, 5) is 23.2. The Morgan fingerprint density at radius 3 is 2.57 bits per heavy atom. The molecule has 0 saturated heterocycles. The summed E-state index contributed by atoms with van der Waals surface area (Å²) < 4.78 is 1.66. The molecule has 0 radical (unpaired) electrons. The molecule has 6 nitrogen and oxygen atoms in total. The van der Waals surface area contributed by atoms with Crippen molar-refractivity contribution in [2.75, 3.05) is 6.54 Å². The van der Waals surface area contributed by atoms with Crippen molar-refractivity contribution in [1.82, 2.24) is 20.3 Å². The van der Waals surface area contributed by atoms with Crippen molar-refractivity contribution in [2.45, 2.75) is 53.5 Å². The van der Waals surface area contributed by atoms with Gasteiger partial charge < -0.3 is 5.32 Å². The fourth-order valence-electron chi connectivity index (χ4n) is 1.72. The van der Waals surface area contributed by atoms with Crippen LogP contribution in [0.15, 0.2) is 6.20 Å². The van der Waals surface area contributed by atoms with E-state index < -0.39 is 0 Å². The molecule has 1 N–H and O–H groups in total. The summed E-state index contributed by atoms with van der Waals surface area (Å²) in [7, 11) is 0. The maximum atomic E-state index is 11.6. The molecule has 1 amide bonds. The number of carbonyl (C=O) groups excluding carboxylic acids is 2. The number of aryl methyl sites for hydroxylation is 2. The summed E-state index contributed by atoms with van der Waals surface area (Å²) in [5.41, 5.74) is 0.798. The van der Waals surface area contributed by atoms with Gasteiger partial charge in [0.1, 0.15) is 5.78 Å². The molecular formula is C15H26N4O2. The Labute approximate surface area is 126 Å². The van der Waals surface area contributed by atoms with Crippen LogP contribution in [0.2, 0.25) is 0 Å². The summed E-state index contributed by atoms with van der Waals surface area (Å²) in [6.07, 6.45) is 3.30. The first-order valence-corrected chi connectivity index (χ1v) is 7.57. The van der Waals surface area contributed by atoms with Crippen LogP contribution < -0.4 is 5.32 Å². The number of hydrogen-bond donors (Lipinski definition) is 1. The van der Waals surface area contributed by atoms with Gasteiger partial charge in [-0.3, -0.25) is 14.3 Å². The van der Waals surface area contributed by atoms with Gasteiger partial charge in [0.05, 0.1) is 12.2 Å². The number of amides is 1. The molecule has 1 aromatic rings. The predicted molar refractivity (Wildman–Crippen MR) is 80.7 cm³/mol. The summed E-state index contributed by atoms with van der Waals surface area (Å²) in [5, 5.41) is 10.9. The Balaban J connectivity index is 2.31. The van der Waals surface area contributed by atoms with E-state index in [1.54, 1.807) is 4.68 Å². The Morgan fingerprint density at radius 2 is 1.95 bits per heavy atom. The molecule has 1 rings (SSSR count). The lowest BCUT2D eigenvalue weighted by molar-refractivity contribution is -0.122. The minimum atomic E-state index is 0.0238. The predicted octanol–water partition coefficient (Wildman–Crippen LogP) is 1.60. The molecule has 1 aromatic heterocycles. The van der Waals surface area contributed by atoms with E-state index >= 15 is 0 Å². The van der Waals surface area contributed by atoms with Crippen LogP contribution in [0.1, 0.15) is 46.2 Å². The highest BCUT2D eigenvalue weighted by Gasteiger charge is 2.09. The third-order valence-electron chi connectivity index (χ3n) is 3.13. The van der Waals surface area contributed by atoms with E-state index in [2.05, 4.69) is 29.5 Å². The maximum absolute atomic E-state index is 11.6. The van der Waals surface area contributed by atoms with Gasteiger partial charge in [0.2, 0.25) is 5.91 Å². The first kappa shape index (κ1) is 17.3. The van der Waals surface area contributed by atoms with Crippen molar-refractivity contribution >= 4 is 11.7 Å². The van der Waals surface area contributed by atoms with Gasteiger partial charge in [0.25, 0.3) is 0 Å². The Hall–Kier alpha value is -1.72. The van der Waals surface area contributed by atoms with Crippen molar-refractivity contribution in [2.24, 2.45) is 11.8 Å². The van der Waals surface area contributed by atoms with Crippen LogP contribution >= 0.6 is 0 Å². The number of carbonyl (C=O) groups is 2. The Bertz CT molecular complexity index is 466. The number of Topliss-reactive ketones (excluding diaryl/α,β-unsaturated/α-hetero) is 1. The van der Waals surface area contributed by atoms with Crippen LogP contribution in [0.5, 0.6) is 0 Å². The number of hydrogen-bond acceptors (Lipinski definition) is 4. The number of aromatic nitrogens is 3. The topological polar surface area (TPSA) is 76.9 Å². The van der Waals surface area contributed by atoms with Crippen LogP contribution in [0.3, 0.4) is 0 Å². The van der Waals surface area contributed by atoms with Gasteiger partial charge in [-0.1, -0.05) is 32.9 Å². The van der Waals surface area contributed by atoms with Gasteiger partial charge in [-0.25, -0.2) is 0 Å². The lowest BCUT2D eigenvalue weighted by Crippen LogP contribution is -2.28. The average Bonchev–Trinajstić information content (AvgIpc) is 2.88. The summed E-state index contributed by atoms with van der Waals surface area (Å²) >= 11 is 0. The van der Waals surface area contributed by atoms with Crippen molar-refractivity contribution in [3.63, 3.8) is 0 Å². The van der Waals surface area contributed by atoms with E-state index in [1.165, 1.54) is 0 Å². The molecule has 0 atom stereocenters. The maximum Gasteiger partial charge on any atom is 0.221 e. The molecule has 21 heavy (non-hydrogen) atoms. The van der Waals surface area contributed by atoms with Gasteiger partial charge in [-0.15, -0.1) is 5.10 Å². The van der Waals surface area contributed by atoms with E-state index in [1.807, 2.05) is 20.0 Å². The first-order chi connectivity index (χ1) is 9.88. The van der Waals surface area contributed by atoms with E-state index in [4.69, 9.17) is 0 Å². The second kappa shape index (κ2) is 8.54. The Kier molecular flexibility index (Phi) is 7.05. The summed E-state index contributed by atoms with van der Waals surface area (Å²) in [6, 6.07) is 0. The molecule has 0 aromatic carbocycles. The van der Waals surface area contributed by atoms with Gasteiger partial charge in [0.15, 0.2) is 0 Å².